The van der Waals surface area contributed by atoms with Crippen molar-refractivity contribution in [1.82, 2.24) is 14.1 Å². The number of aromatic nitrogens is 2. The van der Waals surface area contributed by atoms with Crippen LogP contribution in [0, 0.1) is 13.8 Å². The van der Waals surface area contributed by atoms with Gasteiger partial charge in [0.1, 0.15) is 10.7 Å². The monoisotopic (exact) mass is 337 g/mol. The highest BCUT2D eigenvalue weighted by atomic mass is 32.2. The smallest absolute Gasteiger partial charge is 0.247 e. The van der Waals surface area contributed by atoms with Crippen LogP contribution in [0.2, 0.25) is 0 Å². The van der Waals surface area contributed by atoms with Gasteiger partial charge in [-0.1, -0.05) is 0 Å². The molecule has 0 spiro atoms. The molecule has 1 aliphatic rings. The number of rotatable bonds is 4. The van der Waals surface area contributed by atoms with Gasteiger partial charge in [0, 0.05) is 12.6 Å². The molecule has 0 aromatic carbocycles. The second kappa shape index (κ2) is 5.79. The zero-order valence-electron chi connectivity index (χ0n) is 14.0. The van der Waals surface area contributed by atoms with Gasteiger partial charge in [-0.25, -0.2) is 8.42 Å². The zero-order valence-corrected chi connectivity index (χ0v) is 14.8. The van der Waals surface area contributed by atoms with Gasteiger partial charge in [0.25, 0.3) is 0 Å². The predicted molar refractivity (Wildman–Crippen MR) is 86.7 cm³/mol. The lowest BCUT2D eigenvalue weighted by Gasteiger charge is -2.22. The van der Waals surface area contributed by atoms with Gasteiger partial charge in [-0.05, 0) is 52.7 Å². The molecule has 0 radical (unpaired) electrons. The highest BCUT2D eigenvalue weighted by Gasteiger charge is 2.40. The van der Waals surface area contributed by atoms with E-state index in [0.29, 0.717) is 28.6 Å². The van der Waals surface area contributed by atoms with Crippen molar-refractivity contribution in [3.63, 3.8) is 0 Å². The molecule has 1 aliphatic heterocycles. The molecular weight excluding hydrogens is 314 g/mol. The molecule has 126 valence electrons. The van der Waals surface area contributed by atoms with Crippen LogP contribution in [0.4, 0.5) is 0 Å². The summed E-state index contributed by atoms with van der Waals surface area (Å²) in [7, 11) is -3.60. The quantitative estimate of drug-likeness (QED) is 0.859. The molecule has 0 bridgehead atoms. The molecular formula is C16H23N3O3S. The largest absolute Gasteiger partial charge is 0.468 e. The molecule has 1 saturated heterocycles. The molecule has 1 fully saturated rings. The lowest BCUT2D eigenvalue weighted by Crippen LogP contribution is -2.31. The Hall–Kier alpha value is -1.60. The number of furan rings is 1. The van der Waals surface area contributed by atoms with Gasteiger partial charge in [0.2, 0.25) is 10.0 Å². The van der Waals surface area contributed by atoms with Gasteiger partial charge in [-0.15, -0.1) is 0 Å². The molecule has 2 aromatic rings. The standard InChI is InChI=1S/C16H23N3O3S/c1-11(2)19-13(4)16(12(3)17-19)23(20,21)18-9-5-7-14(18)15-8-6-10-22-15/h6,8,10-11,14H,5,7,9H2,1-4H3. The van der Waals surface area contributed by atoms with Gasteiger partial charge < -0.3 is 4.42 Å². The Bertz CT molecular complexity index is 791. The SMILES string of the molecule is Cc1nn(C(C)C)c(C)c1S(=O)(=O)N1CCCC1c1ccco1. The summed E-state index contributed by atoms with van der Waals surface area (Å²) in [6.07, 6.45) is 3.20. The highest BCUT2D eigenvalue weighted by Crippen LogP contribution is 2.38. The Labute approximate surface area is 137 Å². The maximum absolute atomic E-state index is 13.2. The normalized spacial score (nSPS) is 19.8. The van der Waals surface area contributed by atoms with Crippen molar-refractivity contribution in [3.8, 4) is 0 Å². The Balaban J connectivity index is 2.05. The Morgan fingerprint density at radius 1 is 1.35 bits per heavy atom. The van der Waals surface area contributed by atoms with E-state index in [9.17, 15) is 8.42 Å². The van der Waals surface area contributed by atoms with Crippen molar-refractivity contribution >= 4 is 10.0 Å². The second-order valence-corrected chi connectivity index (χ2v) is 8.15. The highest BCUT2D eigenvalue weighted by molar-refractivity contribution is 7.89. The zero-order chi connectivity index (χ0) is 16.8. The second-order valence-electron chi connectivity index (χ2n) is 6.33. The topological polar surface area (TPSA) is 68.3 Å². The Kier molecular flexibility index (Phi) is 4.10. The lowest BCUT2D eigenvalue weighted by molar-refractivity contribution is 0.339. The molecule has 3 rings (SSSR count). The minimum atomic E-state index is -3.60. The van der Waals surface area contributed by atoms with E-state index in [2.05, 4.69) is 5.10 Å². The summed E-state index contributed by atoms with van der Waals surface area (Å²) in [5.41, 5.74) is 1.25. The summed E-state index contributed by atoms with van der Waals surface area (Å²) in [5, 5.41) is 4.42. The molecule has 23 heavy (non-hydrogen) atoms. The number of hydrogen-bond donors (Lipinski definition) is 0. The van der Waals surface area contributed by atoms with Crippen molar-refractivity contribution in [1.29, 1.82) is 0 Å². The average molecular weight is 337 g/mol. The third kappa shape index (κ3) is 2.61. The molecule has 7 heteroatoms. The maximum atomic E-state index is 13.2. The molecule has 1 atom stereocenters. The van der Waals surface area contributed by atoms with Crippen LogP contribution in [0.3, 0.4) is 0 Å². The van der Waals surface area contributed by atoms with Crippen LogP contribution >= 0.6 is 0 Å². The molecule has 6 nitrogen and oxygen atoms in total. The van der Waals surface area contributed by atoms with Crippen LogP contribution in [0.15, 0.2) is 27.7 Å². The molecule has 0 aliphatic carbocycles. The number of sulfonamides is 1. The van der Waals surface area contributed by atoms with Crippen molar-refractivity contribution in [3.05, 3.63) is 35.5 Å². The first-order valence-electron chi connectivity index (χ1n) is 7.95. The van der Waals surface area contributed by atoms with Crippen LogP contribution in [0.5, 0.6) is 0 Å². The van der Waals surface area contributed by atoms with Gasteiger partial charge in [0.05, 0.1) is 23.7 Å². The minimum Gasteiger partial charge on any atom is -0.468 e. The van der Waals surface area contributed by atoms with E-state index in [1.54, 1.807) is 28.2 Å². The number of hydrogen-bond acceptors (Lipinski definition) is 4. The first-order chi connectivity index (χ1) is 10.8. The molecule has 0 amide bonds. The lowest BCUT2D eigenvalue weighted by atomic mass is 10.2. The van der Waals surface area contributed by atoms with Gasteiger partial charge in [-0.2, -0.15) is 9.40 Å². The summed E-state index contributed by atoms with van der Waals surface area (Å²) in [5.74, 6) is 0.706. The van der Waals surface area contributed by atoms with Crippen LogP contribution in [-0.4, -0.2) is 29.0 Å². The van der Waals surface area contributed by atoms with Crippen molar-refractivity contribution in [2.75, 3.05) is 6.54 Å². The van der Waals surface area contributed by atoms with E-state index in [4.69, 9.17) is 4.42 Å². The van der Waals surface area contributed by atoms with E-state index >= 15 is 0 Å². The van der Waals surface area contributed by atoms with Gasteiger partial charge in [-0.3, -0.25) is 4.68 Å². The summed E-state index contributed by atoms with van der Waals surface area (Å²) in [4.78, 5) is 0.338. The molecule has 3 heterocycles. The summed E-state index contributed by atoms with van der Waals surface area (Å²) >= 11 is 0. The predicted octanol–water partition coefficient (Wildman–Crippen LogP) is 3.20. The van der Waals surface area contributed by atoms with E-state index in [1.165, 1.54) is 0 Å². The summed E-state index contributed by atoms with van der Waals surface area (Å²) in [6, 6.07) is 3.54. The van der Waals surface area contributed by atoms with Gasteiger partial charge >= 0.3 is 0 Å². The van der Waals surface area contributed by atoms with E-state index < -0.39 is 10.0 Å². The van der Waals surface area contributed by atoms with Crippen molar-refractivity contribution < 1.29 is 12.8 Å². The van der Waals surface area contributed by atoms with Crippen LogP contribution in [0.25, 0.3) is 0 Å². The fourth-order valence-corrected chi connectivity index (χ4v) is 5.46. The first kappa shape index (κ1) is 16.3. The summed E-state index contributed by atoms with van der Waals surface area (Å²) < 4.78 is 35.3. The van der Waals surface area contributed by atoms with Crippen LogP contribution in [-0.2, 0) is 10.0 Å². The van der Waals surface area contributed by atoms with Crippen LogP contribution in [0.1, 0.15) is 55.9 Å². The van der Waals surface area contributed by atoms with Crippen molar-refractivity contribution in [2.45, 2.75) is 57.5 Å². The van der Waals surface area contributed by atoms with E-state index in [0.717, 1.165) is 12.8 Å². The molecule has 0 saturated carbocycles. The number of nitrogens with zero attached hydrogens (tertiary/aromatic N) is 3. The Morgan fingerprint density at radius 3 is 2.65 bits per heavy atom. The average Bonchev–Trinajstić information content (AvgIpc) is 3.16. The third-order valence-corrected chi connectivity index (χ3v) is 6.55. The fourth-order valence-electron chi connectivity index (χ4n) is 3.43. The van der Waals surface area contributed by atoms with E-state index in [-0.39, 0.29) is 12.1 Å². The molecule has 2 aromatic heterocycles. The van der Waals surface area contributed by atoms with Gasteiger partial charge in [0.15, 0.2) is 0 Å². The third-order valence-electron chi connectivity index (χ3n) is 4.39. The minimum absolute atomic E-state index is 0.122. The fraction of sp³-hybridized carbons (Fsp3) is 0.562. The van der Waals surface area contributed by atoms with Crippen LogP contribution < -0.4 is 0 Å². The molecule has 1 unspecified atom stereocenters. The maximum Gasteiger partial charge on any atom is 0.247 e. The van der Waals surface area contributed by atoms with E-state index in [1.807, 2.05) is 26.8 Å². The first-order valence-corrected chi connectivity index (χ1v) is 9.39. The van der Waals surface area contributed by atoms with Crippen molar-refractivity contribution in [2.24, 2.45) is 0 Å². The summed E-state index contributed by atoms with van der Waals surface area (Å²) in [6.45, 7) is 8.09. The number of aryl methyl sites for hydroxylation is 1. The Morgan fingerprint density at radius 2 is 2.09 bits per heavy atom. The molecule has 0 N–H and O–H groups in total.